The lowest BCUT2D eigenvalue weighted by atomic mass is 10.2. The van der Waals surface area contributed by atoms with Crippen molar-refractivity contribution in [2.24, 2.45) is 10.2 Å². The number of rotatable bonds is 8. The van der Waals surface area contributed by atoms with Gasteiger partial charge in [0.25, 0.3) is 0 Å². The smallest absolute Gasteiger partial charge is 0.355 e. The number of nitrogens with zero attached hydrogens (tertiary/aromatic N) is 4. The zero-order valence-electron chi connectivity index (χ0n) is 15.8. The Morgan fingerprint density at radius 3 is 1.60 bits per heavy atom. The first-order valence-electron chi connectivity index (χ1n) is 8.12. The summed E-state index contributed by atoms with van der Waals surface area (Å²) in [6.45, 7) is 0. The third-order valence-electron chi connectivity index (χ3n) is 3.56. The molecule has 0 radical (unpaired) electrons. The van der Waals surface area contributed by atoms with Crippen LogP contribution in [0.4, 0.5) is 16.2 Å². The maximum Gasteiger partial charge on any atom is 0.355 e. The predicted octanol–water partition coefficient (Wildman–Crippen LogP) is 2.19. The number of benzene rings is 2. The molecule has 0 spiro atoms. The molecule has 13 heteroatoms. The number of ether oxygens (including phenoxy) is 2. The molecule has 0 aliphatic heterocycles. The highest BCUT2D eigenvalue weighted by molar-refractivity contribution is 5.85. The van der Waals surface area contributed by atoms with Gasteiger partial charge < -0.3 is 9.47 Å². The number of nitrogens with one attached hydrogen (secondary N) is 2. The summed E-state index contributed by atoms with van der Waals surface area (Å²) in [5, 5.41) is 29.3. The number of hydrazone groups is 2. The zero-order valence-corrected chi connectivity index (χ0v) is 15.8. The Morgan fingerprint density at radius 1 is 0.867 bits per heavy atom. The van der Waals surface area contributed by atoms with Crippen LogP contribution in [0, 0.1) is 20.2 Å². The molecule has 0 aliphatic rings. The van der Waals surface area contributed by atoms with Gasteiger partial charge in [-0.3, -0.25) is 20.2 Å². The Balaban J connectivity index is 1.95. The number of hydrogen-bond donors (Lipinski definition) is 2. The highest BCUT2D eigenvalue weighted by atomic mass is 16.6. The van der Waals surface area contributed by atoms with Crippen LogP contribution in [-0.4, -0.2) is 42.5 Å². The van der Waals surface area contributed by atoms with Gasteiger partial charge in [-0.1, -0.05) is 0 Å². The number of urea groups is 1. The molecule has 2 N–H and O–H groups in total. The highest BCUT2D eigenvalue weighted by Gasteiger charge is 2.15. The van der Waals surface area contributed by atoms with Crippen LogP contribution in [0.5, 0.6) is 11.5 Å². The van der Waals surface area contributed by atoms with Crippen LogP contribution < -0.4 is 20.3 Å². The SMILES string of the molecule is COc1ccc(/C=N/NC(=O)N/N=C/c2ccc(OC)c([N+](=O)[O-])c2)cc1[N+](=O)[O-]. The molecule has 13 nitrogen and oxygen atoms in total. The Hall–Kier alpha value is -4.55. The van der Waals surface area contributed by atoms with E-state index in [0.29, 0.717) is 11.1 Å². The largest absolute Gasteiger partial charge is 0.490 e. The summed E-state index contributed by atoms with van der Waals surface area (Å²) in [6.07, 6.45) is 2.39. The van der Waals surface area contributed by atoms with Crippen molar-refractivity contribution in [2.45, 2.75) is 0 Å². The minimum Gasteiger partial charge on any atom is -0.490 e. The van der Waals surface area contributed by atoms with Crippen LogP contribution >= 0.6 is 0 Å². The zero-order chi connectivity index (χ0) is 22.1. The van der Waals surface area contributed by atoms with E-state index in [1.54, 1.807) is 0 Å². The highest BCUT2D eigenvalue weighted by Crippen LogP contribution is 2.27. The second kappa shape index (κ2) is 10.1. The summed E-state index contributed by atoms with van der Waals surface area (Å²) in [5.74, 6) is 0.187. The topological polar surface area (TPSA) is 171 Å². The van der Waals surface area contributed by atoms with Gasteiger partial charge in [0.2, 0.25) is 0 Å². The van der Waals surface area contributed by atoms with Crippen molar-refractivity contribution >= 4 is 29.8 Å². The summed E-state index contributed by atoms with van der Waals surface area (Å²) in [7, 11) is 2.62. The number of hydrogen-bond acceptors (Lipinski definition) is 9. The lowest BCUT2D eigenvalue weighted by molar-refractivity contribution is -0.385. The van der Waals surface area contributed by atoms with Gasteiger partial charge in [-0.15, -0.1) is 0 Å². The van der Waals surface area contributed by atoms with E-state index in [1.807, 2.05) is 0 Å². The molecular formula is C17H16N6O7. The Kier molecular flexibility index (Phi) is 7.34. The molecule has 0 bridgehead atoms. The molecule has 0 fully saturated rings. The van der Waals surface area contributed by atoms with E-state index in [1.165, 1.54) is 63.0 Å². The van der Waals surface area contributed by atoms with Crippen LogP contribution in [-0.2, 0) is 0 Å². The minimum absolute atomic E-state index is 0.0935. The van der Waals surface area contributed by atoms with E-state index in [4.69, 9.17) is 9.47 Å². The minimum atomic E-state index is -0.798. The Morgan fingerprint density at radius 2 is 1.27 bits per heavy atom. The van der Waals surface area contributed by atoms with E-state index in [0.717, 1.165) is 0 Å². The van der Waals surface area contributed by atoms with Crippen molar-refractivity contribution in [3.05, 3.63) is 67.8 Å². The number of carbonyl (C=O) groups is 1. The molecule has 2 aromatic rings. The second-order valence-corrected chi connectivity index (χ2v) is 5.45. The number of methoxy groups -OCH3 is 2. The first-order chi connectivity index (χ1) is 14.3. The van der Waals surface area contributed by atoms with Gasteiger partial charge >= 0.3 is 17.4 Å². The van der Waals surface area contributed by atoms with Gasteiger partial charge in [-0.25, -0.2) is 15.6 Å². The van der Waals surface area contributed by atoms with Crippen LogP contribution in [0.3, 0.4) is 0 Å². The summed E-state index contributed by atoms with van der Waals surface area (Å²) in [4.78, 5) is 32.4. The third kappa shape index (κ3) is 5.72. The number of nitro groups is 2. The number of amides is 2. The monoisotopic (exact) mass is 416 g/mol. The van der Waals surface area contributed by atoms with Gasteiger partial charge in [0.1, 0.15) is 0 Å². The summed E-state index contributed by atoms with van der Waals surface area (Å²) in [6, 6.07) is 7.50. The van der Waals surface area contributed by atoms with Gasteiger partial charge in [0, 0.05) is 23.3 Å². The molecule has 0 unspecified atom stereocenters. The molecule has 2 aromatic carbocycles. The van der Waals surface area contributed by atoms with E-state index in [2.05, 4.69) is 21.1 Å². The summed E-state index contributed by atoms with van der Waals surface area (Å²) in [5.41, 5.74) is 4.46. The average Bonchev–Trinajstić information content (AvgIpc) is 2.73. The fraction of sp³-hybridized carbons (Fsp3) is 0.118. The molecule has 2 rings (SSSR count). The Bertz CT molecular complexity index is 942. The second-order valence-electron chi connectivity index (χ2n) is 5.45. The third-order valence-corrected chi connectivity index (χ3v) is 3.56. The van der Waals surface area contributed by atoms with Crippen LogP contribution in [0.15, 0.2) is 46.6 Å². The van der Waals surface area contributed by atoms with Crippen molar-refractivity contribution < 1.29 is 24.1 Å². The van der Waals surface area contributed by atoms with E-state index in [9.17, 15) is 25.0 Å². The lowest BCUT2D eigenvalue weighted by Gasteiger charge is -2.02. The molecular weight excluding hydrogens is 400 g/mol. The molecule has 0 heterocycles. The molecule has 0 aromatic heterocycles. The number of nitro benzene ring substituents is 2. The average molecular weight is 416 g/mol. The molecule has 30 heavy (non-hydrogen) atoms. The molecule has 2 amide bonds. The van der Waals surface area contributed by atoms with E-state index in [-0.39, 0.29) is 22.9 Å². The van der Waals surface area contributed by atoms with Gasteiger partial charge in [-0.2, -0.15) is 10.2 Å². The molecule has 156 valence electrons. The summed E-state index contributed by atoms with van der Waals surface area (Å²) >= 11 is 0. The molecule has 0 atom stereocenters. The Labute approximate surface area is 169 Å². The van der Waals surface area contributed by atoms with Gasteiger partial charge in [0.05, 0.1) is 36.5 Å². The molecule has 0 saturated carbocycles. The quantitative estimate of drug-likeness (QED) is 0.377. The molecule has 0 aliphatic carbocycles. The van der Waals surface area contributed by atoms with Gasteiger partial charge in [-0.05, 0) is 24.3 Å². The number of carbonyl (C=O) groups excluding carboxylic acids is 1. The first-order valence-corrected chi connectivity index (χ1v) is 8.12. The van der Waals surface area contributed by atoms with Crippen molar-refractivity contribution in [3.8, 4) is 11.5 Å². The standard InChI is InChI=1S/C17H16N6O7/c1-29-15-5-3-11(7-13(15)22(25)26)9-18-20-17(24)21-19-10-12-4-6-16(30-2)14(8-12)23(27)28/h3-10H,1-2H3,(H2,20,21,24)/b18-9+,19-10+. The van der Waals surface area contributed by atoms with Crippen molar-refractivity contribution in [3.63, 3.8) is 0 Å². The summed E-state index contributed by atoms with van der Waals surface area (Å²) < 4.78 is 9.78. The maximum atomic E-state index is 11.7. The maximum absolute atomic E-state index is 11.7. The van der Waals surface area contributed by atoms with Crippen LogP contribution in [0.2, 0.25) is 0 Å². The van der Waals surface area contributed by atoms with Crippen LogP contribution in [0.1, 0.15) is 11.1 Å². The van der Waals surface area contributed by atoms with Crippen LogP contribution in [0.25, 0.3) is 0 Å². The first kappa shape index (κ1) is 21.7. The van der Waals surface area contributed by atoms with Crippen molar-refractivity contribution in [2.75, 3.05) is 14.2 Å². The van der Waals surface area contributed by atoms with Crippen molar-refractivity contribution in [1.82, 2.24) is 10.9 Å². The normalized spacial score (nSPS) is 10.7. The van der Waals surface area contributed by atoms with Crippen molar-refractivity contribution in [1.29, 1.82) is 0 Å². The van der Waals surface area contributed by atoms with E-state index < -0.39 is 15.9 Å². The van der Waals surface area contributed by atoms with E-state index >= 15 is 0 Å². The molecule has 0 saturated heterocycles. The fourth-order valence-corrected chi connectivity index (χ4v) is 2.22. The predicted molar refractivity (Wildman–Crippen MR) is 106 cm³/mol. The van der Waals surface area contributed by atoms with Gasteiger partial charge in [0.15, 0.2) is 11.5 Å². The lowest BCUT2D eigenvalue weighted by Crippen LogP contribution is -2.28. The fourth-order valence-electron chi connectivity index (χ4n) is 2.22.